The second kappa shape index (κ2) is 6.82. The summed E-state index contributed by atoms with van der Waals surface area (Å²) in [6.07, 6.45) is 6.54. The molecule has 0 radical (unpaired) electrons. The minimum absolute atomic E-state index is 0.279. The van der Waals surface area contributed by atoms with Crippen LogP contribution in [-0.4, -0.2) is 24.1 Å². The van der Waals surface area contributed by atoms with E-state index >= 15 is 0 Å². The van der Waals surface area contributed by atoms with Gasteiger partial charge in [-0.2, -0.15) is 0 Å². The SMILES string of the molecule is CCC(C)(C)C(=O)OCC(=O)OC(C)(CC)C1CC2CCC1C2. The Morgan fingerprint density at radius 2 is 1.74 bits per heavy atom. The second-order valence-corrected chi connectivity index (χ2v) is 8.24. The molecule has 0 N–H and O–H groups in total. The number of esters is 2. The van der Waals surface area contributed by atoms with Gasteiger partial charge in [-0.05, 0) is 64.7 Å². The molecule has 132 valence electrons. The minimum Gasteiger partial charge on any atom is -0.457 e. The fourth-order valence-corrected chi connectivity index (χ4v) is 4.16. The average Bonchev–Trinajstić information content (AvgIpc) is 3.15. The molecule has 0 aromatic rings. The van der Waals surface area contributed by atoms with Crippen molar-refractivity contribution in [2.75, 3.05) is 6.61 Å². The van der Waals surface area contributed by atoms with E-state index in [9.17, 15) is 9.59 Å². The molecular formula is C19H32O4. The van der Waals surface area contributed by atoms with Gasteiger partial charge in [-0.3, -0.25) is 4.79 Å². The molecule has 0 heterocycles. The van der Waals surface area contributed by atoms with Gasteiger partial charge in [-0.15, -0.1) is 0 Å². The third-order valence-corrected chi connectivity index (χ3v) is 6.33. The van der Waals surface area contributed by atoms with E-state index in [1.807, 2.05) is 27.7 Å². The molecule has 2 aliphatic carbocycles. The zero-order chi connectivity index (χ0) is 17.3. The Labute approximate surface area is 140 Å². The van der Waals surface area contributed by atoms with Crippen molar-refractivity contribution in [1.82, 2.24) is 0 Å². The third kappa shape index (κ3) is 3.89. The van der Waals surface area contributed by atoms with Crippen molar-refractivity contribution >= 4 is 11.9 Å². The number of hydrogen-bond acceptors (Lipinski definition) is 4. The first-order valence-corrected chi connectivity index (χ1v) is 9.11. The van der Waals surface area contributed by atoms with E-state index in [2.05, 4.69) is 6.92 Å². The van der Waals surface area contributed by atoms with Crippen LogP contribution < -0.4 is 0 Å². The molecule has 4 atom stereocenters. The summed E-state index contributed by atoms with van der Waals surface area (Å²) in [6.45, 7) is 9.43. The molecule has 0 aromatic carbocycles. The van der Waals surface area contributed by atoms with Crippen LogP contribution in [0.2, 0.25) is 0 Å². The van der Waals surface area contributed by atoms with E-state index in [1.165, 1.54) is 25.7 Å². The summed E-state index contributed by atoms with van der Waals surface area (Å²) >= 11 is 0. The maximum absolute atomic E-state index is 12.2. The molecule has 2 aliphatic rings. The van der Waals surface area contributed by atoms with Gasteiger partial charge in [0.1, 0.15) is 5.60 Å². The first kappa shape index (κ1) is 18.3. The normalized spacial score (nSPS) is 29.2. The molecule has 2 saturated carbocycles. The highest BCUT2D eigenvalue weighted by atomic mass is 16.6. The zero-order valence-corrected chi connectivity index (χ0v) is 15.3. The first-order valence-electron chi connectivity index (χ1n) is 9.11. The van der Waals surface area contributed by atoms with Gasteiger partial charge in [0.2, 0.25) is 0 Å². The van der Waals surface area contributed by atoms with Crippen molar-refractivity contribution in [3.05, 3.63) is 0 Å². The Bertz CT molecular complexity index is 456. The molecular weight excluding hydrogens is 292 g/mol. The summed E-state index contributed by atoms with van der Waals surface area (Å²) in [5.41, 5.74) is -0.984. The lowest BCUT2D eigenvalue weighted by Gasteiger charge is -2.39. The number of ether oxygens (including phenoxy) is 2. The highest BCUT2D eigenvalue weighted by molar-refractivity contribution is 5.79. The monoisotopic (exact) mass is 324 g/mol. The number of carbonyl (C=O) groups excluding carboxylic acids is 2. The number of hydrogen-bond donors (Lipinski definition) is 0. The number of fused-ring (bicyclic) bond motifs is 2. The zero-order valence-electron chi connectivity index (χ0n) is 15.3. The van der Waals surface area contributed by atoms with Crippen molar-refractivity contribution in [1.29, 1.82) is 0 Å². The Balaban J connectivity index is 1.89. The molecule has 2 bridgehead atoms. The van der Waals surface area contributed by atoms with Crippen molar-refractivity contribution in [2.45, 2.75) is 78.7 Å². The van der Waals surface area contributed by atoms with Gasteiger partial charge in [0.25, 0.3) is 0 Å². The van der Waals surface area contributed by atoms with E-state index in [-0.39, 0.29) is 12.6 Å². The highest BCUT2D eigenvalue weighted by Crippen LogP contribution is 2.53. The molecule has 0 aromatic heterocycles. The van der Waals surface area contributed by atoms with Gasteiger partial charge in [-0.25, -0.2) is 4.79 Å². The predicted octanol–water partition coefficient (Wildman–Crippen LogP) is 4.11. The van der Waals surface area contributed by atoms with Crippen LogP contribution in [0, 0.1) is 23.2 Å². The van der Waals surface area contributed by atoms with Crippen LogP contribution in [0.25, 0.3) is 0 Å². The lowest BCUT2D eigenvalue weighted by molar-refractivity contribution is -0.178. The van der Waals surface area contributed by atoms with Gasteiger partial charge >= 0.3 is 11.9 Å². The van der Waals surface area contributed by atoms with E-state index in [0.717, 1.165) is 12.3 Å². The Morgan fingerprint density at radius 1 is 1.04 bits per heavy atom. The van der Waals surface area contributed by atoms with Crippen LogP contribution in [0.1, 0.15) is 73.1 Å². The largest absolute Gasteiger partial charge is 0.457 e. The molecule has 0 saturated heterocycles. The first-order chi connectivity index (χ1) is 10.7. The molecule has 0 amide bonds. The quantitative estimate of drug-likeness (QED) is 0.661. The van der Waals surface area contributed by atoms with Crippen LogP contribution in [0.5, 0.6) is 0 Å². The molecule has 4 heteroatoms. The Morgan fingerprint density at radius 3 is 2.22 bits per heavy atom. The molecule has 2 fully saturated rings. The topological polar surface area (TPSA) is 52.6 Å². The summed E-state index contributed by atoms with van der Waals surface area (Å²) in [5.74, 6) is 1.21. The second-order valence-electron chi connectivity index (χ2n) is 8.24. The maximum Gasteiger partial charge on any atom is 0.344 e. The van der Waals surface area contributed by atoms with Gasteiger partial charge in [0.15, 0.2) is 6.61 Å². The van der Waals surface area contributed by atoms with E-state index in [1.54, 1.807) is 0 Å². The smallest absolute Gasteiger partial charge is 0.344 e. The summed E-state index contributed by atoms with van der Waals surface area (Å²) in [7, 11) is 0. The van der Waals surface area contributed by atoms with E-state index in [0.29, 0.717) is 18.3 Å². The maximum atomic E-state index is 12.2. The third-order valence-electron chi connectivity index (χ3n) is 6.33. The van der Waals surface area contributed by atoms with Crippen molar-refractivity contribution < 1.29 is 19.1 Å². The fraction of sp³-hybridized carbons (Fsp3) is 0.895. The Kier molecular flexibility index (Phi) is 5.42. The van der Waals surface area contributed by atoms with Gasteiger partial charge in [0.05, 0.1) is 5.41 Å². The summed E-state index contributed by atoms with van der Waals surface area (Å²) < 4.78 is 11.0. The van der Waals surface area contributed by atoms with E-state index in [4.69, 9.17) is 9.47 Å². The Hall–Kier alpha value is -1.06. The van der Waals surface area contributed by atoms with Gasteiger partial charge in [0, 0.05) is 5.92 Å². The molecule has 23 heavy (non-hydrogen) atoms. The standard InChI is InChI=1S/C19H32O4/c1-6-18(3,4)17(21)22-12-16(20)23-19(5,7-2)15-11-13-8-9-14(15)10-13/h13-15H,6-12H2,1-5H3. The van der Waals surface area contributed by atoms with Crippen LogP contribution in [0.3, 0.4) is 0 Å². The lowest BCUT2D eigenvalue weighted by atomic mass is 9.75. The van der Waals surface area contributed by atoms with Crippen LogP contribution in [-0.2, 0) is 19.1 Å². The number of rotatable bonds is 7. The van der Waals surface area contributed by atoms with Gasteiger partial charge in [-0.1, -0.05) is 20.3 Å². The molecule has 2 rings (SSSR count). The minimum atomic E-state index is -0.557. The van der Waals surface area contributed by atoms with Crippen molar-refractivity contribution in [3.63, 3.8) is 0 Å². The summed E-state index contributed by atoms with van der Waals surface area (Å²) in [6, 6.07) is 0. The highest BCUT2D eigenvalue weighted by Gasteiger charge is 2.49. The van der Waals surface area contributed by atoms with Crippen LogP contribution >= 0.6 is 0 Å². The molecule has 0 spiro atoms. The van der Waals surface area contributed by atoms with Crippen LogP contribution in [0.15, 0.2) is 0 Å². The molecule has 4 nitrogen and oxygen atoms in total. The van der Waals surface area contributed by atoms with Gasteiger partial charge < -0.3 is 9.47 Å². The predicted molar refractivity (Wildman–Crippen MR) is 88.8 cm³/mol. The molecule has 4 unspecified atom stereocenters. The van der Waals surface area contributed by atoms with Crippen molar-refractivity contribution in [2.24, 2.45) is 23.2 Å². The fourth-order valence-electron chi connectivity index (χ4n) is 4.16. The lowest BCUT2D eigenvalue weighted by Crippen LogP contribution is -2.43. The summed E-state index contributed by atoms with van der Waals surface area (Å²) in [5, 5.41) is 0. The van der Waals surface area contributed by atoms with Crippen LogP contribution in [0.4, 0.5) is 0 Å². The summed E-state index contributed by atoms with van der Waals surface area (Å²) in [4.78, 5) is 24.2. The van der Waals surface area contributed by atoms with Crippen molar-refractivity contribution in [3.8, 4) is 0 Å². The molecule has 0 aliphatic heterocycles. The average molecular weight is 324 g/mol. The van der Waals surface area contributed by atoms with E-state index < -0.39 is 17.0 Å². The number of carbonyl (C=O) groups is 2.